The predicted molar refractivity (Wildman–Crippen MR) is 82.3 cm³/mol. The highest BCUT2D eigenvalue weighted by Gasteiger charge is 2.25. The van der Waals surface area contributed by atoms with E-state index in [1.807, 2.05) is 18.2 Å². The quantitative estimate of drug-likeness (QED) is 0.787. The monoisotopic (exact) mass is 333 g/mol. The van der Waals surface area contributed by atoms with Crippen molar-refractivity contribution in [3.05, 3.63) is 58.7 Å². The lowest BCUT2D eigenvalue weighted by Crippen LogP contribution is -2.35. The van der Waals surface area contributed by atoms with Crippen LogP contribution in [0.15, 0.2) is 53.2 Å². The minimum Gasteiger partial charge on any atom is -0.301 e. The van der Waals surface area contributed by atoms with Crippen LogP contribution < -0.4 is 0 Å². The number of carbonyl (C=O) groups excluding carboxylic acids is 2. The predicted octanol–water partition coefficient (Wildman–Crippen LogP) is 3.71. The van der Waals surface area contributed by atoms with Crippen LogP contribution in [0.5, 0.6) is 0 Å². The molecule has 0 saturated heterocycles. The van der Waals surface area contributed by atoms with E-state index < -0.39 is 0 Å². The molecular weight excluding hydrogens is 318 g/mol. The molecule has 0 aliphatic heterocycles. The van der Waals surface area contributed by atoms with E-state index in [-0.39, 0.29) is 11.7 Å². The van der Waals surface area contributed by atoms with E-state index in [0.717, 1.165) is 17.3 Å². The minimum absolute atomic E-state index is 0.0264. The lowest BCUT2D eigenvalue weighted by Gasteiger charge is -2.26. The fraction of sp³-hybridized carbons (Fsp3) is 0.250. The van der Waals surface area contributed by atoms with Gasteiger partial charge in [0, 0.05) is 17.4 Å². The van der Waals surface area contributed by atoms with Gasteiger partial charge in [-0.3, -0.25) is 9.59 Å². The summed E-state index contributed by atoms with van der Waals surface area (Å²) in [4.78, 5) is 26.2. The summed E-state index contributed by atoms with van der Waals surface area (Å²) in [6.07, 6.45) is 5.68. The highest BCUT2D eigenvalue weighted by Crippen LogP contribution is 2.23. The lowest BCUT2D eigenvalue weighted by atomic mass is 10.0. The van der Waals surface area contributed by atoms with E-state index >= 15 is 0 Å². The number of benzene rings is 1. The van der Waals surface area contributed by atoms with Crippen molar-refractivity contribution in [3.63, 3.8) is 0 Å². The highest BCUT2D eigenvalue weighted by atomic mass is 79.9. The number of hydrogen-bond donors (Lipinski definition) is 0. The van der Waals surface area contributed by atoms with Crippen molar-refractivity contribution in [3.8, 4) is 0 Å². The zero-order valence-electron chi connectivity index (χ0n) is 11.1. The van der Waals surface area contributed by atoms with Crippen LogP contribution in [-0.4, -0.2) is 23.1 Å². The number of carbonyl (C=O) groups is 2. The summed E-state index contributed by atoms with van der Waals surface area (Å²) in [5.74, 6) is -0.155. The summed E-state index contributed by atoms with van der Waals surface area (Å²) in [5, 5.41) is 0. The molecule has 0 radical (unpaired) electrons. The topological polar surface area (TPSA) is 37.4 Å². The Hall–Kier alpha value is -1.68. The maximum atomic E-state index is 12.7. The summed E-state index contributed by atoms with van der Waals surface area (Å²) < 4.78 is 0.725. The maximum Gasteiger partial charge on any atom is 0.259 e. The zero-order chi connectivity index (χ0) is 14.5. The molecule has 104 valence electrons. The summed E-state index contributed by atoms with van der Waals surface area (Å²) in [6, 6.07) is 7.22. The Morgan fingerprint density at radius 2 is 2.15 bits per heavy atom. The number of allylic oxidation sites excluding steroid dienone is 2. The fourth-order valence-corrected chi connectivity index (χ4v) is 2.66. The van der Waals surface area contributed by atoms with Gasteiger partial charge in [-0.1, -0.05) is 24.3 Å². The number of amides is 1. The molecule has 1 amide bonds. The number of nitrogens with zero attached hydrogens (tertiary/aromatic N) is 1. The molecule has 0 spiro atoms. The summed E-state index contributed by atoms with van der Waals surface area (Å²) in [7, 11) is 0. The van der Waals surface area contributed by atoms with Crippen LogP contribution in [-0.2, 0) is 4.79 Å². The number of halogens is 1. The fourth-order valence-electron chi connectivity index (χ4n) is 2.20. The molecule has 0 heterocycles. The Balaban J connectivity index is 2.36. The van der Waals surface area contributed by atoms with E-state index in [1.165, 1.54) is 4.90 Å². The number of rotatable bonds is 4. The first-order chi connectivity index (χ1) is 9.65. The Morgan fingerprint density at radius 1 is 1.40 bits per heavy atom. The van der Waals surface area contributed by atoms with Crippen LogP contribution in [0.1, 0.15) is 29.6 Å². The third kappa shape index (κ3) is 3.07. The first-order valence-corrected chi connectivity index (χ1v) is 7.35. The van der Waals surface area contributed by atoms with Gasteiger partial charge in [0.25, 0.3) is 5.91 Å². The van der Waals surface area contributed by atoms with E-state index in [0.29, 0.717) is 24.2 Å². The van der Waals surface area contributed by atoms with Crippen LogP contribution in [0.25, 0.3) is 0 Å². The molecule has 0 atom stereocenters. The van der Waals surface area contributed by atoms with E-state index in [4.69, 9.17) is 0 Å². The van der Waals surface area contributed by atoms with Gasteiger partial charge in [0.15, 0.2) is 5.78 Å². The Morgan fingerprint density at radius 3 is 2.80 bits per heavy atom. The van der Waals surface area contributed by atoms with Crippen LogP contribution in [0, 0.1) is 0 Å². The second-order valence-electron chi connectivity index (χ2n) is 4.59. The largest absolute Gasteiger partial charge is 0.301 e. The van der Waals surface area contributed by atoms with Crippen molar-refractivity contribution in [2.24, 2.45) is 0 Å². The van der Waals surface area contributed by atoms with Crippen molar-refractivity contribution >= 4 is 27.6 Å². The van der Waals surface area contributed by atoms with E-state index in [2.05, 4.69) is 22.5 Å². The molecule has 2 rings (SSSR count). The van der Waals surface area contributed by atoms with Crippen LogP contribution in [0.2, 0.25) is 0 Å². The van der Waals surface area contributed by atoms with E-state index in [1.54, 1.807) is 18.2 Å². The smallest absolute Gasteiger partial charge is 0.259 e. The molecule has 1 aliphatic rings. The molecule has 0 bridgehead atoms. The average Bonchev–Trinajstić information content (AvgIpc) is 2.46. The third-order valence-corrected chi connectivity index (χ3v) is 3.87. The van der Waals surface area contributed by atoms with Gasteiger partial charge in [0.05, 0.1) is 11.3 Å². The lowest BCUT2D eigenvalue weighted by molar-refractivity contribution is -0.117. The van der Waals surface area contributed by atoms with E-state index in [9.17, 15) is 9.59 Å². The molecule has 0 N–H and O–H groups in total. The van der Waals surface area contributed by atoms with Crippen LogP contribution >= 0.6 is 15.9 Å². The highest BCUT2D eigenvalue weighted by molar-refractivity contribution is 9.10. The second kappa shape index (κ2) is 6.66. The molecule has 0 unspecified atom stereocenters. The molecule has 1 aromatic rings. The van der Waals surface area contributed by atoms with Crippen molar-refractivity contribution in [2.45, 2.75) is 19.3 Å². The van der Waals surface area contributed by atoms with Gasteiger partial charge in [0.2, 0.25) is 0 Å². The molecule has 1 aliphatic carbocycles. The zero-order valence-corrected chi connectivity index (χ0v) is 12.7. The number of hydrogen-bond acceptors (Lipinski definition) is 2. The van der Waals surface area contributed by atoms with Gasteiger partial charge in [-0.2, -0.15) is 0 Å². The molecule has 0 aromatic heterocycles. The minimum atomic E-state index is -0.182. The number of Topliss-reactive ketones (excluding diaryl/α,β-unsaturated/α-hetero) is 1. The maximum absolute atomic E-state index is 12.7. The van der Waals surface area contributed by atoms with Crippen molar-refractivity contribution < 1.29 is 9.59 Å². The van der Waals surface area contributed by atoms with Gasteiger partial charge in [0.1, 0.15) is 0 Å². The second-order valence-corrected chi connectivity index (χ2v) is 5.44. The molecule has 1 aromatic carbocycles. The van der Waals surface area contributed by atoms with Gasteiger partial charge in [-0.15, -0.1) is 6.58 Å². The third-order valence-electron chi connectivity index (χ3n) is 3.18. The molecule has 0 saturated carbocycles. The normalized spacial score (nSPS) is 14.7. The molecule has 20 heavy (non-hydrogen) atoms. The van der Waals surface area contributed by atoms with Crippen molar-refractivity contribution in [2.75, 3.05) is 6.54 Å². The van der Waals surface area contributed by atoms with Gasteiger partial charge >= 0.3 is 0 Å². The van der Waals surface area contributed by atoms with Crippen molar-refractivity contribution in [1.29, 1.82) is 0 Å². The van der Waals surface area contributed by atoms with Crippen molar-refractivity contribution in [1.82, 2.24) is 4.90 Å². The SMILES string of the molecule is C=CCN(C(=O)c1ccccc1Br)C1=CCCCC1=O. The first kappa shape index (κ1) is 14.7. The average molecular weight is 334 g/mol. The van der Waals surface area contributed by atoms with Gasteiger partial charge < -0.3 is 4.90 Å². The van der Waals surface area contributed by atoms with Gasteiger partial charge in [-0.05, 0) is 40.9 Å². The van der Waals surface area contributed by atoms with Gasteiger partial charge in [-0.25, -0.2) is 0 Å². The standard InChI is InChI=1S/C16H16BrNO2/c1-2-11-18(14-9-5-6-10-15(14)19)16(20)12-7-3-4-8-13(12)17/h2-4,7-9H,1,5-6,10-11H2. The summed E-state index contributed by atoms with van der Waals surface area (Å²) in [5.41, 5.74) is 1.05. The molecule has 3 nitrogen and oxygen atoms in total. The van der Waals surface area contributed by atoms with Crippen LogP contribution in [0.3, 0.4) is 0 Å². The first-order valence-electron chi connectivity index (χ1n) is 6.55. The molecule has 4 heteroatoms. The number of ketones is 1. The summed E-state index contributed by atoms with van der Waals surface area (Å²) >= 11 is 3.38. The Kier molecular flexibility index (Phi) is 4.90. The molecular formula is C16H16BrNO2. The molecule has 0 fully saturated rings. The Bertz CT molecular complexity index is 578. The van der Waals surface area contributed by atoms with Crippen LogP contribution in [0.4, 0.5) is 0 Å². The Labute approximate surface area is 127 Å². The summed E-state index contributed by atoms with van der Waals surface area (Å²) in [6.45, 7) is 4.01.